The molecule has 3 heterocycles. The third-order valence-electron chi connectivity index (χ3n) is 8.31. The number of benzene rings is 2. The van der Waals surface area contributed by atoms with Gasteiger partial charge >= 0.3 is 0 Å². The maximum absolute atomic E-state index is 13.5. The van der Waals surface area contributed by atoms with Gasteiger partial charge in [0.25, 0.3) is 0 Å². The van der Waals surface area contributed by atoms with Crippen molar-refractivity contribution in [3.05, 3.63) is 90.8 Å². The second-order valence-corrected chi connectivity index (χ2v) is 12.1. The first kappa shape index (κ1) is 29.3. The molecule has 43 heavy (non-hydrogen) atoms. The largest absolute Gasteiger partial charge is 0.368 e. The Bertz CT molecular complexity index is 1620. The minimum atomic E-state index is -0.282. The highest BCUT2D eigenvalue weighted by molar-refractivity contribution is 6.21. The fourth-order valence-electron chi connectivity index (χ4n) is 5.79. The number of nitrogens with one attached hydrogen (secondary N) is 1. The van der Waals surface area contributed by atoms with E-state index in [9.17, 15) is 9.18 Å². The molecule has 1 amide bonds. The van der Waals surface area contributed by atoms with Crippen LogP contribution >= 0.6 is 11.6 Å². The van der Waals surface area contributed by atoms with Gasteiger partial charge < -0.3 is 24.4 Å². The zero-order valence-electron chi connectivity index (χ0n) is 24.4. The lowest BCUT2D eigenvalue weighted by atomic mass is 9.99. The lowest BCUT2D eigenvalue weighted by Crippen LogP contribution is -2.35. The Hall–Kier alpha value is -3.79. The molecule has 1 aliphatic carbocycles. The average Bonchev–Trinajstić information content (AvgIpc) is 3.68. The van der Waals surface area contributed by atoms with Gasteiger partial charge in [-0.15, -0.1) is 11.6 Å². The number of hydrogen-bond donors (Lipinski definition) is 1. The summed E-state index contributed by atoms with van der Waals surface area (Å²) >= 11 is 6.71. The molecule has 8 nitrogen and oxygen atoms in total. The number of anilines is 1. The molecule has 6 rings (SSSR count). The number of likely N-dealkylation sites (tertiary alicyclic amines) is 1. The SMILES string of the molecule is CN(C)C1CCN(C(=O)Cn2ccc(-c3ccc4ncnc(NC5C=CC(OCc6cccc(F)c6)C(Cl)C5)c4c3)c2)C1. The first-order valence-electron chi connectivity index (χ1n) is 14.6. The summed E-state index contributed by atoms with van der Waals surface area (Å²) in [5.74, 6) is 0.587. The van der Waals surface area contributed by atoms with Crippen molar-refractivity contribution in [1.29, 1.82) is 0 Å². The molecule has 10 heteroatoms. The van der Waals surface area contributed by atoms with Crippen LogP contribution in [0.2, 0.25) is 0 Å². The van der Waals surface area contributed by atoms with Crippen molar-refractivity contribution in [2.75, 3.05) is 32.5 Å². The number of hydrogen-bond acceptors (Lipinski definition) is 6. The summed E-state index contributed by atoms with van der Waals surface area (Å²) in [6, 6.07) is 14.9. The summed E-state index contributed by atoms with van der Waals surface area (Å²) in [7, 11) is 4.13. The predicted molar refractivity (Wildman–Crippen MR) is 167 cm³/mol. The van der Waals surface area contributed by atoms with Crippen LogP contribution in [-0.4, -0.2) is 81.0 Å². The molecule has 2 aromatic carbocycles. The van der Waals surface area contributed by atoms with Gasteiger partial charge in [0.1, 0.15) is 24.5 Å². The van der Waals surface area contributed by atoms with Crippen LogP contribution in [0, 0.1) is 5.82 Å². The van der Waals surface area contributed by atoms with E-state index in [0.717, 1.165) is 52.9 Å². The van der Waals surface area contributed by atoms with Gasteiger partial charge in [-0.2, -0.15) is 0 Å². The number of likely N-dealkylation sites (N-methyl/N-ethyl adjacent to an activating group) is 1. The molecule has 0 bridgehead atoms. The van der Waals surface area contributed by atoms with Gasteiger partial charge in [-0.25, -0.2) is 14.4 Å². The number of carbonyl (C=O) groups is 1. The molecule has 1 N–H and O–H groups in total. The summed E-state index contributed by atoms with van der Waals surface area (Å²) in [4.78, 5) is 26.1. The maximum atomic E-state index is 13.5. The van der Waals surface area contributed by atoms with Gasteiger partial charge in [0.15, 0.2) is 0 Å². The number of alkyl halides is 1. The Kier molecular flexibility index (Phi) is 8.74. The molecule has 1 saturated heterocycles. The Balaban J connectivity index is 1.12. The standard InChI is InChI=1S/C33H36ClFN6O2/c1-39(2)27-11-13-41(18-27)32(42)19-40-12-10-24(17-40)23-6-8-30-28(15-23)33(37-21-36-30)38-26-7-9-31(29(34)16-26)43-20-22-4-3-5-25(35)14-22/h3-10,12,14-15,17,21,26-27,29,31H,11,13,16,18-20H2,1-2H3,(H,36,37,38). The second kappa shape index (κ2) is 12.8. The van der Waals surface area contributed by atoms with E-state index in [-0.39, 0.29) is 29.2 Å². The molecule has 2 aliphatic rings. The summed E-state index contributed by atoms with van der Waals surface area (Å²) in [5.41, 5.74) is 3.64. The Morgan fingerprint density at radius 3 is 2.81 bits per heavy atom. The number of ether oxygens (including phenoxy) is 1. The van der Waals surface area contributed by atoms with E-state index in [1.807, 2.05) is 58.3 Å². The molecule has 4 aromatic rings. The Labute approximate surface area is 256 Å². The van der Waals surface area contributed by atoms with Crippen LogP contribution in [0.15, 0.2) is 79.4 Å². The van der Waals surface area contributed by atoms with Crippen LogP contribution < -0.4 is 5.32 Å². The van der Waals surface area contributed by atoms with E-state index in [1.54, 1.807) is 12.4 Å². The number of fused-ring (bicyclic) bond motifs is 1. The number of amides is 1. The molecular formula is C33H36ClFN6O2. The molecule has 224 valence electrons. The molecular weight excluding hydrogens is 567 g/mol. The number of rotatable bonds is 9. The van der Waals surface area contributed by atoms with E-state index in [1.165, 1.54) is 12.1 Å². The average molecular weight is 603 g/mol. The van der Waals surface area contributed by atoms with Crippen molar-refractivity contribution < 1.29 is 13.9 Å². The first-order chi connectivity index (χ1) is 20.8. The molecule has 0 saturated carbocycles. The Morgan fingerprint density at radius 1 is 1.14 bits per heavy atom. The van der Waals surface area contributed by atoms with E-state index < -0.39 is 0 Å². The monoisotopic (exact) mass is 602 g/mol. The predicted octanol–water partition coefficient (Wildman–Crippen LogP) is 5.33. The van der Waals surface area contributed by atoms with Gasteiger partial charge in [0, 0.05) is 43.0 Å². The van der Waals surface area contributed by atoms with Gasteiger partial charge in [0.2, 0.25) is 5.91 Å². The Morgan fingerprint density at radius 2 is 2.02 bits per heavy atom. The lowest BCUT2D eigenvalue weighted by Gasteiger charge is -2.29. The van der Waals surface area contributed by atoms with Crippen LogP contribution in [-0.2, 0) is 22.7 Å². The molecule has 0 spiro atoms. The third kappa shape index (κ3) is 6.90. The smallest absolute Gasteiger partial charge is 0.242 e. The molecule has 1 aliphatic heterocycles. The molecule has 4 atom stereocenters. The summed E-state index contributed by atoms with van der Waals surface area (Å²) in [6.45, 7) is 2.20. The highest BCUT2D eigenvalue weighted by Crippen LogP contribution is 2.30. The fourth-order valence-corrected chi connectivity index (χ4v) is 6.14. The summed E-state index contributed by atoms with van der Waals surface area (Å²) in [5, 5.41) is 4.17. The van der Waals surface area contributed by atoms with Gasteiger partial charge in [-0.1, -0.05) is 30.4 Å². The van der Waals surface area contributed by atoms with Crippen LogP contribution in [0.1, 0.15) is 18.4 Å². The zero-order valence-corrected chi connectivity index (χ0v) is 25.1. The van der Waals surface area contributed by atoms with Gasteiger partial charge in [-0.05, 0) is 74.0 Å². The topological polar surface area (TPSA) is 75.5 Å². The number of aromatic nitrogens is 3. The second-order valence-electron chi connectivity index (χ2n) is 11.6. The van der Waals surface area contributed by atoms with Crippen LogP contribution in [0.25, 0.3) is 22.0 Å². The van der Waals surface area contributed by atoms with Crippen LogP contribution in [0.5, 0.6) is 0 Å². The summed E-state index contributed by atoms with van der Waals surface area (Å²) in [6.07, 6.45) is 10.9. The number of nitrogens with zero attached hydrogens (tertiary/aromatic N) is 5. The molecule has 1 fully saturated rings. The van der Waals surface area contributed by atoms with Crippen molar-refractivity contribution in [3.8, 4) is 11.1 Å². The molecule has 4 unspecified atom stereocenters. The number of carbonyl (C=O) groups excluding carboxylic acids is 1. The zero-order chi connectivity index (χ0) is 29.9. The highest BCUT2D eigenvalue weighted by atomic mass is 35.5. The van der Waals surface area contributed by atoms with Crippen molar-refractivity contribution in [2.24, 2.45) is 0 Å². The fraction of sp³-hybridized carbons (Fsp3) is 0.364. The van der Waals surface area contributed by atoms with E-state index in [4.69, 9.17) is 16.3 Å². The van der Waals surface area contributed by atoms with Crippen molar-refractivity contribution in [2.45, 2.75) is 49.6 Å². The third-order valence-corrected chi connectivity index (χ3v) is 8.73. The van der Waals surface area contributed by atoms with E-state index in [0.29, 0.717) is 25.6 Å². The number of halogens is 2. The van der Waals surface area contributed by atoms with Gasteiger partial charge in [0.05, 0.1) is 23.6 Å². The highest BCUT2D eigenvalue weighted by Gasteiger charge is 2.28. The minimum absolute atomic E-state index is 0.0388. The van der Waals surface area contributed by atoms with Crippen molar-refractivity contribution >= 4 is 34.2 Å². The van der Waals surface area contributed by atoms with Crippen LogP contribution in [0.4, 0.5) is 10.2 Å². The van der Waals surface area contributed by atoms with E-state index >= 15 is 0 Å². The van der Waals surface area contributed by atoms with Crippen LogP contribution in [0.3, 0.4) is 0 Å². The minimum Gasteiger partial charge on any atom is -0.368 e. The quantitative estimate of drug-likeness (QED) is 0.206. The normalized spacial score (nSPS) is 22.0. The molecule has 2 aromatic heterocycles. The first-order valence-corrected chi connectivity index (χ1v) is 15.1. The maximum Gasteiger partial charge on any atom is 0.242 e. The lowest BCUT2D eigenvalue weighted by molar-refractivity contribution is -0.130. The van der Waals surface area contributed by atoms with Crippen molar-refractivity contribution in [1.82, 2.24) is 24.3 Å². The van der Waals surface area contributed by atoms with Crippen molar-refractivity contribution in [3.63, 3.8) is 0 Å². The summed E-state index contributed by atoms with van der Waals surface area (Å²) < 4.78 is 21.4. The van der Waals surface area contributed by atoms with Gasteiger partial charge in [-0.3, -0.25) is 4.79 Å². The molecule has 0 radical (unpaired) electrons. The van der Waals surface area contributed by atoms with E-state index in [2.05, 4.69) is 40.3 Å².